The van der Waals surface area contributed by atoms with Crippen molar-refractivity contribution in [1.82, 2.24) is 15.1 Å². The Hall–Kier alpha value is -2.12. The number of morpholine rings is 1. The summed E-state index contributed by atoms with van der Waals surface area (Å²) in [6.07, 6.45) is 3.33. The second kappa shape index (κ2) is 8.92. The molecule has 0 radical (unpaired) electrons. The fourth-order valence-electron chi connectivity index (χ4n) is 4.30. The van der Waals surface area contributed by atoms with Crippen molar-refractivity contribution in [2.45, 2.75) is 38.0 Å². The molecule has 3 aliphatic heterocycles. The summed E-state index contributed by atoms with van der Waals surface area (Å²) in [4.78, 5) is 21.2. The van der Waals surface area contributed by atoms with E-state index in [1.165, 1.54) is 11.1 Å². The minimum atomic E-state index is 0.0732. The van der Waals surface area contributed by atoms with Gasteiger partial charge in [-0.3, -0.25) is 9.79 Å². The van der Waals surface area contributed by atoms with E-state index >= 15 is 0 Å². The second-order valence-corrected chi connectivity index (χ2v) is 7.64. The van der Waals surface area contributed by atoms with Crippen molar-refractivity contribution in [1.29, 1.82) is 0 Å². The van der Waals surface area contributed by atoms with E-state index in [2.05, 4.69) is 33.4 Å². The summed E-state index contributed by atoms with van der Waals surface area (Å²) in [5.74, 6) is 0.872. The first-order valence-corrected chi connectivity index (χ1v) is 10.3. The number of ether oxygens (including phenoxy) is 2. The van der Waals surface area contributed by atoms with Gasteiger partial charge in [0.05, 0.1) is 19.3 Å². The summed E-state index contributed by atoms with van der Waals surface area (Å²) in [5, 5.41) is 3.26. The average Bonchev–Trinajstić information content (AvgIpc) is 3.29. The summed E-state index contributed by atoms with van der Waals surface area (Å²) >= 11 is 0. The number of hydrogen-bond donors (Lipinski definition) is 1. The lowest BCUT2D eigenvalue weighted by Crippen LogP contribution is -2.54. The van der Waals surface area contributed by atoms with E-state index in [-0.39, 0.29) is 24.7 Å². The SMILES string of the molecule is CN=C(NCC(=O)N1CCc2ccccc2C1)N1CCOC(C2CCCO2)C1. The van der Waals surface area contributed by atoms with Gasteiger partial charge in [0.25, 0.3) is 0 Å². The highest BCUT2D eigenvalue weighted by atomic mass is 16.5. The summed E-state index contributed by atoms with van der Waals surface area (Å²) in [6, 6.07) is 8.37. The van der Waals surface area contributed by atoms with Gasteiger partial charge in [-0.1, -0.05) is 24.3 Å². The largest absolute Gasteiger partial charge is 0.375 e. The Kier molecular flexibility index (Phi) is 6.12. The number of aliphatic imine (C=N–C) groups is 1. The number of benzene rings is 1. The number of nitrogens with one attached hydrogen (secondary N) is 1. The molecule has 2 atom stereocenters. The van der Waals surface area contributed by atoms with E-state index in [4.69, 9.17) is 9.47 Å². The average molecular weight is 386 g/mol. The van der Waals surface area contributed by atoms with Gasteiger partial charge < -0.3 is 24.6 Å². The molecule has 2 saturated heterocycles. The lowest BCUT2D eigenvalue weighted by molar-refractivity contribution is -0.130. The minimum absolute atomic E-state index is 0.0732. The maximum atomic E-state index is 12.7. The highest BCUT2D eigenvalue weighted by Crippen LogP contribution is 2.21. The van der Waals surface area contributed by atoms with Gasteiger partial charge in [-0.2, -0.15) is 0 Å². The number of hydrogen-bond acceptors (Lipinski definition) is 4. The van der Waals surface area contributed by atoms with E-state index in [0.717, 1.165) is 51.5 Å². The highest BCUT2D eigenvalue weighted by molar-refractivity contribution is 5.86. The maximum Gasteiger partial charge on any atom is 0.242 e. The lowest BCUT2D eigenvalue weighted by atomic mass is 10.00. The number of rotatable bonds is 3. The van der Waals surface area contributed by atoms with Crippen LogP contribution in [0.1, 0.15) is 24.0 Å². The smallest absolute Gasteiger partial charge is 0.242 e. The summed E-state index contributed by atoms with van der Waals surface area (Å²) < 4.78 is 11.7. The third-order valence-electron chi connectivity index (χ3n) is 5.87. The lowest BCUT2D eigenvalue weighted by Gasteiger charge is -2.37. The molecule has 0 bridgehead atoms. The van der Waals surface area contributed by atoms with Crippen LogP contribution in [0.15, 0.2) is 29.3 Å². The molecule has 2 fully saturated rings. The van der Waals surface area contributed by atoms with Gasteiger partial charge in [0.1, 0.15) is 6.10 Å². The Balaban J connectivity index is 1.30. The molecule has 0 aliphatic carbocycles. The fraction of sp³-hybridized carbons (Fsp3) is 0.619. The van der Waals surface area contributed by atoms with Gasteiger partial charge >= 0.3 is 0 Å². The molecule has 0 aromatic heterocycles. The normalized spacial score (nSPS) is 25.5. The van der Waals surface area contributed by atoms with Crippen LogP contribution < -0.4 is 5.32 Å². The van der Waals surface area contributed by atoms with Gasteiger partial charge in [-0.05, 0) is 30.4 Å². The van der Waals surface area contributed by atoms with Crippen molar-refractivity contribution in [2.75, 3.05) is 46.4 Å². The molecule has 1 amide bonds. The van der Waals surface area contributed by atoms with Crippen LogP contribution in [0.4, 0.5) is 0 Å². The van der Waals surface area contributed by atoms with Crippen molar-refractivity contribution in [2.24, 2.45) is 4.99 Å². The highest BCUT2D eigenvalue weighted by Gasteiger charge is 2.32. The molecule has 7 heteroatoms. The van der Waals surface area contributed by atoms with Gasteiger partial charge in [0, 0.05) is 39.8 Å². The monoisotopic (exact) mass is 386 g/mol. The third kappa shape index (κ3) is 4.31. The summed E-state index contributed by atoms with van der Waals surface area (Å²) in [5.41, 5.74) is 2.60. The van der Waals surface area contributed by atoms with Crippen molar-refractivity contribution < 1.29 is 14.3 Å². The first kappa shape index (κ1) is 19.2. The molecule has 0 spiro atoms. The quantitative estimate of drug-likeness (QED) is 0.621. The Morgan fingerprint density at radius 2 is 1.96 bits per heavy atom. The molecule has 2 unspecified atom stereocenters. The van der Waals surface area contributed by atoms with E-state index in [0.29, 0.717) is 13.2 Å². The molecule has 1 aromatic carbocycles. The molecule has 7 nitrogen and oxygen atoms in total. The maximum absolute atomic E-state index is 12.7. The van der Waals surface area contributed by atoms with Crippen LogP contribution in [-0.4, -0.2) is 80.3 Å². The number of carbonyl (C=O) groups is 1. The van der Waals surface area contributed by atoms with E-state index in [9.17, 15) is 4.79 Å². The van der Waals surface area contributed by atoms with Crippen molar-refractivity contribution in [3.8, 4) is 0 Å². The Bertz CT molecular complexity index is 717. The van der Waals surface area contributed by atoms with Crippen LogP contribution in [0.5, 0.6) is 0 Å². The zero-order valence-corrected chi connectivity index (χ0v) is 16.6. The van der Waals surface area contributed by atoms with E-state index in [1.54, 1.807) is 7.05 Å². The zero-order chi connectivity index (χ0) is 19.3. The second-order valence-electron chi connectivity index (χ2n) is 7.64. The number of carbonyl (C=O) groups excluding carboxylic acids is 1. The summed E-state index contributed by atoms with van der Waals surface area (Å²) in [7, 11) is 1.76. The van der Waals surface area contributed by atoms with Crippen LogP contribution in [0.3, 0.4) is 0 Å². The minimum Gasteiger partial charge on any atom is -0.375 e. The topological polar surface area (TPSA) is 66.4 Å². The van der Waals surface area contributed by atoms with Gasteiger partial charge in [0.2, 0.25) is 5.91 Å². The molecular formula is C21H30N4O3. The number of guanidine groups is 1. The molecule has 4 rings (SSSR count). The molecule has 0 saturated carbocycles. The van der Waals surface area contributed by atoms with E-state index < -0.39 is 0 Å². The number of nitrogens with zero attached hydrogens (tertiary/aromatic N) is 3. The van der Waals surface area contributed by atoms with Crippen LogP contribution in [-0.2, 0) is 27.2 Å². The van der Waals surface area contributed by atoms with E-state index in [1.807, 2.05) is 11.0 Å². The standard InChI is InChI=1S/C21H30N4O3/c1-22-21(25-10-12-28-19(15-25)18-7-4-11-27-18)23-13-20(26)24-9-8-16-5-2-3-6-17(16)14-24/h2-3,5-6,18-19H,4,7-15H2,1H3,(H,22,23). The van der Waals surface area contributed by atoms with Gasteiger partial charge in [0.15, 0.2) is 5.96 Å². The molecule has 1 N–H and O–H groups in total. The Morgan fingerprint density at radius 1 is 1.14 bits per heavy atom. The first-order chi connectivity index (χ1) is 13.7. The van der Waals surface area contributed by atoms with Crippen LogP contribution >= 0.6 is 0 Å². The molecular weight excluding hydrogens is 356 g/mol. The molecule has 1 aromatic rings. The van der Waals surface area contributed by atoms with Crippen LogP contribution in [0.2, 0.25) is 0 Å². The predicted molar refractivity (Wildman–Crippen MR) is 107 cm³/mol. The van der Waals surface area contributed by atoms with Gasteiger partial charge in [-0.25, -0.2) is 0 Å². The van der Waals surface area contributed by atoms with Crippen LogP contribution in [0.25, 0.3) is 0 Å². The zero-order valence-electron chi connectivity index (χ0n) is 16.6. The third-order valence-corrected chi connectivity index (χ3v) is 5.87. The first-order valence-electron chi connectivity index (χ1n) is 10.3. The molecule has 152 valence electrons. The number of fused-ring (bicyclic) bond motifs is 1. The van der Waals surface area contributed by atoms with Crippen LogP contribution in [0, 0.1) is 0 Å². The Morgan fingerprint density at radius 3 is 2.75 bits per heavy atom. The van der Waals surface area contributed by atoms with Gasteiger partial charge in [-0.15, -0.1) is 0 Å². The molecule has 3 aliphatic rings. The van der Waals surface area contributed by atoms with Crippen molar-refractivity contribution in [3.05, 3.63) is 35.4 Å². The Labute approximate surface area is 166 Å². The molecule has 28 heavy (non-hydrogen) atoms. The summed E-state index contributed by atoms with van der Waals surface area (Å²) in [6.45, 7) is 4.72. The fourth-order valence-corrected chi connectivity index (χ4v) is 4.30. The van der Waals surface area contributed by atoms with Crippen molar-refractivity contribution >= 4 is 11.9 Å². The predicted octanol–water partition coefficient (Wildman–Crippen LogP) is 1.03. The number of amides is 1. The van der Waals surface area contributed by atoms with Crippen molar-refractivity contribution in [3.63, 3.8) is 0 Å². The molecule has 3 heterocycles.